The lowest BCUT2D eigenvalue weighted by atomic mass is 10.1. The summed E-state index contributed by atoms with van der Waals surface area (Å²) in [5.74, 6) is 0.415. The molecule has 6 nitrogen and oxygen atoms in total. The fourth-order valence-electron chi connectivity index (χ4n) is 2.70. The number of amides is 1. The van der Waals surface area contributed by atoms with Gasteiger partial charge in [0.2, 0.25) is 5.91 Å². The second kappa shape index (κ2) is 8.39. The van der Waals surface area contributed by atoms with Gasteiger partial charge in [-0.25, -0.2) is 4.68 Å². The monoisotopic (exact) mass is 441 g/mol. The Bertz CT molecular complexity index is 1060. The molecule has 2 aromatic carbocycles. The molecule has 1 amide bonds. The summed E-state index contributed by atoms with van der Waals surface area (Å²) in [5, 5.41) is 7.22. The summed E-state index contributed by atoms with van der Waals surface area (Å²) in [6, 6.07) is 15.2. The molecule has 0 saturated carbocycles. The van der Waals surface area contributed by atoms with E-state index in [0.29, 0.717) is 11.4 Å². The zero-order valence-electron chi connectivity index (χ0n) is 15.8. The zero-order chi connectivity index (χ0) is 20.3. The molecule has 1 heterocycles. The van der Waals surface area contributed by atoms with E-state index in [0.717, 1.165) is 21.3 Å². The number of rotatable bonds is 5. The summed E-state index contributed by atoms with van der Waals surface area (Å²) in [5.41, 5.74) is 2.75. The van der Waals surface area contributed by atoms with Gasteiger partial charge in [0.25, 0.3) is 5.56 Å². The van der Waals surface area contributed by atoms with Crippen molar-refractivity contribution in [1.82, 2.24) is 9.78 Å². The zero-order valence-corrected chi connectivity index (χ0v) is 17.4. The van der Waals surface area contributed by atoms with E-state index in [2.05, 4.69) is 26.3 Å². The quantitative estimate of drug-likeness (QED) is 0.643. The standard InChI is InChI=1S/C21H20BrN3O3/c1-13-12-16(6-9-18(13)22)23-21(27)14(2)25-20(26)11-10-19(24-25)15-4-7-17(28-3)8-5-15/h4-12,14H,1-3H3,(H,23,27). The third-order valence-corrected chi connectivity index (χ3v) is 5.27. The largest absolute Gasteiger partial charge is 0.497 e. The maximum atomic E-state index is 12.7. The molecule has 3 rings (SSSR count). The SMILES string of the molecule is COc1ccc(-c2ccc(=O)n(C(C)C(=O)Nc3ccc(Br)c(C)c3)n2)cc1. The van der Waals surface area contributed by atoms with Crippen LogP contribution >= 0.6 is 15.9 Å². The first-order valence-electron chi connectivity index (χ1n) is 8.70. The van der Waals surface area contributed by atoms with Crippen LogP contribution in [0.3, 0.4) is 0 Å². The van der Waals surface area contributed by atoms with Crippen LogP contribution in [-0.4, -0.2) is 22.8 Å². The third-order valence-electron chi connectivity index (χ3n) is 4.38. The highest BCUT2D eigenvalue weighted by atomic mass is 79.9. The number of ether oxygens (including phenoxy) is 1. The number of carbonyl (C=O) groups excluding carboxylic acids is 1. The van der Waals surface area contributed by atoms with Crippen molar-refractivity contribution in [3.05, 3.63) is 75.0 Å². The number of methoxy groups -OCH3 is 1. The van der Waals surface area contributed by atoms with Crippen LogP contribution in [0.2, 0.25) is 0 Å². The van der Waals surface area contributed by atoms with Crippen molar-refractivity contribution >= 4 is 27.5 Å². The van der Waals surface area contributed by atoms with E-state index in [1.165, 1.54) is 10.7 Å². The van der Waals surface area contributed by atoms with Gasteiger partial charge in [0, 0.05) is 21.8 Å². The number of anilines is 1. The first-order chi connectivity index (χ1) is 13.4. The van der Waals surface area contributed by atoms with E-state index in [-0.39, 0.29) is 11.5 Å². The molecule has 0 radical (unpaired) electrons. The van der Waals surface area contributed by atoms with E-state index < -0.39 is 6.04 Å². The Morgan fingerprint density at radius 1 is 1.14 bits per heavy atom. The normalized spacial score (nSPS) is 11.7. The summed E-state index contributed by atoms with van der Waals surface area (Å²) in [6.45, 7) is 3.58. The van der Waals surface area contributed by atoms with Crippen LogP contribution in [0.4, 0.5) is 5.69 Å². The Morgan fingerprint density at radius 2 is 1.86 bits per heavy atom. The number of carbonyl (C=O) groups is 1. The minimum Gasteiger partial charge on any atom is -0.497 e. The molecular weight excluding hydrogens is 422 g/mol. The lowest BCUT2D eigenvalue weighted by molar-refractivity contribution is -0.119. The predicted octanol–water partition coefficient (Wildman–Crippen LogP) is 4.19. The molecule has 144 valence electrons. The van der Waals surface area contributed by atoms with Gasteiger partial charge in [0.15, 0.2) is 0 Å². The highest BCUT2D eigenvalue weighted by Crippen LogP contribution is 2.22. The van der Waals surface area contributed by atoms with E-state index in [1.807, 2.05) is 43.3 Å². The van der Waals surface area contributed by atoms with Crippen molar-refractivity contribution in [3.63, 3.8) is 0 Å². The molecular formula is C21H20BrN3O3. The second-order valence-corrected chi connectivity index (χ2v) is 7.21. The highest BCUT2D eigenvalue weighted by molar-refractivity contribution is 9.10. The topological polar surface area (TPSA) is 73.2 Å². The molecule has 7 heteroatoms. The predicted molar refractivity (Wildman–Crippen MR) is 113 cm³/mol. The molecule has 0 aliphatic heterocycles. The van der Waals surface area contributed by atoms with Crippen LogP contribution in [0, 0.1) is 6.92 Å². The molecule has 1 atom stereocenters. The highest BCUT2D eigenvalue weighted by Gasteiger charge is 2.18. The number of nitrogens with zero attached hydrogens (tertiary/aromatic N) is 2. The van der Waals surface area contributed by atoms with Gasteiger partial charge in [-0.05, 0) is 67.9 Å². The van der Waals surface area contributed by atoms with Crippen LogP contribution in [0.5, 0.6) is 5.75 Å². The van der Waals surface area contributed by atoms with Gasteiger partial charge < -0.3 is 10.1 Å². The van der Waals surface area contributed by atoms with Crippen molar-refractivity contribution in [1.29, 1.82) is 0 Å². The summed E-state index contributed by atoms with van der Waals surface area (Å²) in [7, 11) is 1.60. The fraction of sp³-hybridized carbons (Fsp3) is 0.190. The molecule has 0 fully saturated rings. The van der Waals surface area contributed by atoms with Crippen molar-refractivity contribution in [2.24, 2.45) is 0 Å². The van der Waals surface area contributed by atoms with Crippen LogP contribution in [0.1, 0.15) is 18.5 Å². The van der Waals surface area contributed by atoms with Gasteiger partial charge in [0.05, 0.1) is 12.8 Å². The van der Waals surface area contributed by atoms with Gasteiger partial charge in [-0.15, -0.1) is 0 Å². The van der Waals surface area contributed by atoms with Gasteiger partial charge in [-0.1, -0.05) is 15.9 Å². The number of hydrogen-bond donors (Lipinski definition) is 1. The molecule has 0 bridgehead atoms. The Morgan fingerprint density at radius 3 is 2.50 bits per heavy atom. The number of benzene rings is 2. The van der Waals surface area contributed by atoms with Crippen LogP contribution in [0.15, 0.2) is 63.9 Å². The molecule has 3 aromatic rings. The second-order valence-electron chi connectivity index (χ2n) is 6.36. The molecule has 0 aliphatic rings. The minimum atomic E-state index is -0.769. The van der Waals surface area contributed by atoms with E-state index >= 15 is 0 Å². The first kappa shape index (κ1) is 19.8. The lowest BCUT2D eigenvalue weighted by Crippen LogP contribution is -2.33. The first-order valence-corrected chi connectivity index (χ1v) is 9.49. The Hall–Kier alpha value is -2.93. The van der Waals surface area contributed by atoms with E-state index in [4.69, 9.17) is 4.74 Å². The summed E-state index contributed by atoms with van der Waals surface area (Å²) in [6.07, 6.45) is 0. The van der Waals surface area contributed by atoms with Crippen LogP contribution in [0.25, 0.3) is 11.3 Å². The van der Waals surface area contributed by atoms with Crippen LogP contribution in [-0.2, 0) is 4.79 Å². The van der Waals surface area contributed by atoms with Crippen molar-refractivity contribution in [2.75, 3.05) is 12.4 Å². The average Bonchev–Trinajstić information content (AvgIpc) is 2.70. The maximum Gasteiger partial charge on any atom is 0.267 e. The molecule has 1 N–H and O–H groups in total. The van der Waals surface area contributed by atoms with E-state index in [1.54, 1.807) is 26.2 Å². The molecule has 1 aromatic heterocycles. The van der Waals surface area contributed by atoms with Crippen molar-refractivity contribution in [3.8, 4) is 17.0 Å². The van der Waals surface area contributed by atoms with Crippen molar-refractivity contribution < 1.29 is 9.53 Å². The summed E-state index contributed by atoms with van der Waals surface area (Å²) < 4.78 is 7.32. The number of nitrogens with one attached hydrogen (secondary N) is 1. The van der Waals surface area contributed by atoms with Gasteiger partial charge >= 0.3 is 0 Å². The molecule has 1 unspecified atom stereocenters. The molecule has 28 heavy (non-hydrogen) atoms. The third kappa shape index (κ3) is 4.31. The Balaban J connectivity index is 1.85. The summed E-state index contributed by atoms with van der Waals surface area (Å²) >= 11 is 3.43. The van der Waals surface area contributed by atoms with E-state index in [9.17, 15) is 9.59 Å². The number of halogens is 1. The average molecular weight is 442 g/mol. The van der Waals surface area contributed by atoms with Gasteiger partial charge in [-0.2, -0.15) is 5.10 Å². The van der Waals surface area contributed by atoms with Crippen molar-refractivity contribution in [2.45, 2.75) is 19.9 Å². The number of aromatic nitrogens is 2. The molecule has 0 spiro atoms. The Kier molecular flexibility index (Phi) is 5.94. The maximum absolute atomic E-state index is 12.7. The number of hydrogen-bond acceptors (Lipinski definition) is 4. The minimum absolute atomic E-state index is 0.316. The fourth-order valence-corrected chi connectivity index (χ4v) is 2.95. The number of aryl methyl sites for hydroxylation is 1. The lowest BCUT2D eigenvalue weighted by Gasteiger charge is -2.15. The van der Waals surface area contributed by atoms with Gasteiger partial charge in [0.1, 0.15) is 11.8 Å². The smallest absolute Gasteiger partial charge is 0.267 e. The molecule has 0 saturated heterocycles. The Labute approximate surface area is 171 Å². The summed E-state index contributed by atoms with van der Waals surface area (Å²) in [4.78, 5) is 24.9. The van der Waals surface area contributed by atoms with Crippen LogP contribution < -0.4 is 15.6 Å². The van der Waals surface area contributed by atoms with Gasteiger partial charge in [-0.3, -0.25) is 9.59 Å². The molecule has 0 aliphatic carbocycles.